The van der Waals surface area contributed by atoms with Crippen LogP contribution in [0.3, 0.4) is 0 Å². The average Bonchev–Trinajstić information content (AvgIpc) is 4.37. The van der Waals surface area contributed by atoms with Crippen molar-refractivity contribution in [2.24, 2.45) is 0 Å². The van der Waals surface area contributed by atoms with Crippen LogP contribution in [-0.4, -0.2) is 128 Å². The molecule has 4 aromatic carbocycles. The number of rotatable bonds is 16. The van der Waals surface area contributed by atoms with E-state index in [0.29, 0.717) is 80.8 Å². The summed E-state index contributed by atoms with van der Waals surface area (Å²) >= 11 is 0. The normalized spacial score (nSPS) is 17.8. The molecule has 0 amide bonds. The standard InChI is InChI=1S/C29H33BFN3O4.C28H31BFN3O5/c1-19(35)24-17-34(21-5-6-21)27-16-28(26(31)15-23(27)29(24)36)33-11-9-32(10-12-33)8-3-13-37-22-7-4-20-18-38-30(2)25(20)14-22;1-18(34)22-16-33(20-6-7-20)24-15-25(23(30)14-21(24)28(22)35)32-11-9-31(10-12-32)8-3-13-37-26-5-2-4-19-17-38-29(36)27(19)26/h4,7,14-17,21H,3,5-6,8-13,18H2,1-2H3;2,4-5,14-16,20,36H,3,6-13,17H2,1H3. The van der Waals surface area contributed by atoms with Gasteiger partial charge in [0.25, 0.3) is 0 Å². The van der Waals surface area contributed by atoms with Crippen LogP contribution < -0.4 is 41.1 Å². The Morgan fingerprint density at radius 3 is 1.68 bits per heavy atom. The molecule has 4 aliphatic heterocycles. The molecule has 0 spiro atoms. The molecule has 0 unspecified atom stereocenters. The van der Waals surface area contributed by atoms with Gasteiger partial charge in [-0.2, -0.15) is 0 Å². The number of anilines is 2. The molecule has 6 aromatic rings. The Kier molecular flexibility index (Phi) is 14.9. The number of carbonyl (C=O) groups excluding carboxylic acids is 2. The minimum absolute atomic E-state index is 0.121. The number of carbonyl (C=O) groups is 2. The van der Waals surface area contributed by atoms with Crippen molar-refractivity contribution in [1.82, 2.24) is 18.9 Å². The topological polar surface area (TPSA) is 148 Å². The maximum absolute atomic E-state index is 15.3. The third kappa shape index (κ3) is 10.8. The molecule has 19 heteroatoms. The lowest BCUT2D eigenvalue weighted by Gasteiger charge is -2.36. The number of ketones is 2. The fourth-order valence-corrected chi connectivity index (χ4v) is 11.2. The van der Waals surface area contributed by atoms with E-state index in [2.05, 4.69) is 33.7 Å². The number of piperazine rings is 2. The summed E-state index contributed by atoms with van der Waals surface area (Å²) in [6, 6.07) is 18.6. The number of benzene rings is 4. The summed E-state index contributed by atoms with van der Waals surface area (Å²) < 4.78 is 57.4. The average molecular weight is 1040 g/mol. The minimum atomic E-state index is -0.931. The van der Waals surface area contributed by atoms with Crippen molar-refractivity contribution in [2.75, 3.05) is 88.5 Å². The smallest absolute Gasteiger partial charge is 0.494 e. The van der Waals surface area contributed by atoms with E-state index in [1.165, 1.54) is 37.0 Å². The molecule has 0 bridgehead atoms. The SMILES string of the molecule is CB1OCc2ccc(OCCCN3CCN(c4cc5c(cc4F)c(=O)c(C(C)=O)cn5C4CC4)CC3)cc21.CC(=O)c1cn(C2CC2)c2cc(N3CCN(CCCOc4cccc5c4B(O)OC5)CC3)c(F)cc2c1=O. The van der Waals surface area contributed by atoms with Gasteiger partial charge in [0, 0.05) is 106 Å². The molecule has 2 aliphatic carbocycles. The summed E-state index contributed by atoms with van der Waals surface area (Å²) in [7, 11) is -0.931. The second kappa shape index (κ2) is 21.9. The number of ether oxygens (including phenoxy) is 2. The molecule has 76 heavy (non-hydrogen) atoms. The zero-order valence-electron chi connectivity index (χ0n) is 43.5. The van der Waals surface area contributed by atoms with Crippen molar-refractivity contribution < 1.29 is 42.2 Å². The first kappa shape index (κ1) is 51.7. The van der Waals surface area contributed by atoms with Gasteiger partial charge < -0.3 is 42.7 Å². The largest absolute Gasteiger partial charge is 0.495 e. The van der Waals surface area contributed by atoms with E-state index in [1.54, 1.807) is 24.5 Å². The fraction of sp³-hybridized carbons (Fsp3) is 0.439. The van der Waals surface area contributed by atoms with Gasteiger partial charge in [-0.15, -0.1) is 0 Å². The molecule has 2 aromatic heterocycles. The molecule has 2 saturated carbocycles. The highest BCUT2D eigenvalue weighted by atomic mass is 19.1. The molecule has 396 valence electrons. The van der Waals surface area contributed by atoms with Crippen LogP contribution in [0, 0.1) is 11.6 Å². The highest BCUT2D eigenvalue weighted by Crippen LogP contribution is 2.40. The molecular weight excluding hydrogens is 972 g/mol. The highest BCUT2D eigenvalue weighted by Gasteiger charge is 2.33. The Bertz CT molecular complexity index is 3330. The molecule has 0 radical (unpaired) electrons. The van der Waals surface area contributed by atoms with Crippen LogP contribution in [0.2, 0.25) is 6.82 Å². The zero-order valence-corrected chi connectivity index (χ0v) is 43.5. The number of Topliss-reactive ketones (excluding diaryl/α,β-unsaturated/α-hetero) is 2. The van der Waals surface area contributed by atoms with Gasteiger partial charge in [-0.05, 0) is 111 Å². The number of hydrogen-bond acceptors (Lipinski definition) is 13. The van der Waals surface area contributed by atoms with Crippen molar-refractivity contribution in [3.63, 3.8) is 0 Å². The summed E-state index contributed by atoms with van der Waals surface area (Å²) in [5.74, 6) is 0.141. The lowest BCUT2D eigenvalue weighted by Crippen LogP contribution is -2.47. The number of halogens is 2. The molecule has 4 fully saturated rings. The second-order valence-electron chi connectivity index (χ2n) is 21.1. The Morgan fingerprint density at radius 2 is 1.17 bits per heavy atom. The minimum Gasteiger partial charge on any atom is -0.494 e. The van der Waals surface area contributed by atoms with E-state index in [-0.39, 0.29) is 57.9 Å². The molecule has 6 heterocycles. The van der Waals surface area contributed by atoms with Crippen LogP contribution in [0.4, 0.5) is 20.2 Å². The first-order valence-electron chi connectivity index (χ1n) is 26.9. The van der Waals surface area contributed by atoms with Gasteiger partial charge in [-0.25, -0.2) is 8.78 Å². The Morgan fingerprint density at radius 1 is 0.658 bits per heavy atom. The van der Waals surface area contributed by atoms with Crippen LogP contribution in [0.25, 0.3) is 21.8 Å². The first-order valence-corrected chi connectivity index (χ1v) is 26.9. The third-order valence-corrected chi connectivity index (χ3v) is 15.9. The quantitative estimate of drug-likeness (QED) is 0.0676. The van der Waals surface area contributed by atoms with Crippen LogP contribution in [0.15, 0.2) is 82.6 Å². The number of nitrogens with zero attached hydrogens (tertiary/aromatic N) is 6. The summed E-state index contributed by atoms with van der Waals surface area (Å²) in [5.41, 5.74) is 6.05. The molecule has 12 rings (SSSR count). The third-order valence-electron chi connectivity index (χ3n) is 15.9. The molecule has 2 saturated heterocycles. The lowest BCUT2D eigenvalue weighted by molar-refractivity contribution is 0.100. The number of fused-ring (bicyclic) bond motifs is 4. The van der Waals surface area contributed by atoms with Gasteiger partial charge in [-0.3, -0.25) is 29.0 Å². The van der Waals surface area contributed by atoms with E-state index in [4.69, 9.17) is 18.8 Å². The Labute approximate surface area is 441 Å². The fourth-order valence-electron chi connectivity index (χ4n) is 11.2. The maximum atomic E-state index is 15.3. The van der Waals surface area contributed by atoms with E-state index in [9.17, 15) is 24.2 Å². The summed E-state index contributed by atoms with van der Waals surface area (Å²) in [4.78, 5) is 58.6. The number of hydrogen-bond donors (Lipinski definition) is 1. The van der Waals surface area contributed by atoms with Gasteiger partial charge in [0.05, 0.1) is 60.0 Å². The van der Waals surface area contributed by atoms with Crippen molar-refractivity contribution in [2.45, 2.75) is 84.5 Å². The summed E-state index contributed by atoms with van der Waals surface area (Å²) in [6.45, 7) is 15.0. The van der Waals surface area contributed by atoms with Crippen LogP contribution in [-0.2, 0) is 22.5 Å². The second-order valence-corrected chi connectivity index (χ2v) is 21.1. The van der Waals surface area contributed by atoms with Crippen molar-refractivity contribution in [3.05, 3.63) is 127 Å². The molecule has 1 N–H and O–H groups in total. The van der Waals surface area contributed by atoms with Gasteiger partial charge in [0.15, 0.2) is 22.4 Å². The molecular formula is C57H64B2F2N6O9. The van der Waals surface area contributed by atoms with Gasteiger partial charge in [0.1, 0.15) is 23.1 Å². The molecule has 6 aliphatic rings. The van der Waals surface area contributed by atoms with Crippen molar-refractivity contribution >= 4 is 69.7 Å². The van der Waals surface area contributed by atoms with Crippen LogP contribution in [0.1, 0.15) is 96.3 Å². The van der Waals surface area contributed by atoms with Gasteiger partial charge in [-0.1, -0.05) is 25.0 Å². The highest BCUT2D eigenvalue weighted by molar-refractivity contribution is 6.67. The zero-order chi connectivity index (χ0) is 52.8. The summed E-state index contributed by atoms with van der Waals surface area (Å²) in [6.07, 6.45) is 9.07. The van der Waals surface area contributed by atoms with E-state index >= 15 is 8.78 Å². The lowest BCUT2D eigenvalue weighted by atomic mass is 9.64. The van der Waals surface area contributed by atoms with E-state index in [1.807, 2.05) is 38.3 Å². The van der Waals surface area contributed by atoms with Crippen LogP contribution in [0.5, 0.6) is 11.5 Å². The molecule has 0 atom stereocenters. The monoisotopic (exact) mass is 1040 g/mol. The summed E-state index contributed by atoms with van der Waals surface area (Å²) in [5, 5.41) is 10.6. The Balaban J connectivity index is 0.000000162. The predicted molar refractivity (Wildman–Crippen MR) is 292 cm³/mol. The van der Waals surface area contributed by atoms with E-state index < -0.39 is 24.2 Å². The maximum Gasteiger partial charge on any atom is 0.495 e. The van der Waals surface area contributed by atoms with Gasteiger partial charge in [0.2, 0.25) is 0 Å². The Hall–Kier alpha value is -6.37. The van der Waals surface area contributed by atoms with E-state index in [0.717, 1.165) is 94.6 Å². The van der Waals surface area contributed by atoms with Crippen molar-refractivity contribution in [3.8, 4) is 11.5 Å². The number of pyridine rings is 2. The van der Waals surface area contributed by atoms with Crippen molar-refractivity contribution in [1.29, 1.82) is 0 Å². The predicted octanol–water partition coefficient (Wildman–Crippen LogP) is 6.11. The molecule has 15 nitrogen and oxygen atoms in total. The van der Waals surface area contributed by atoms with Gasteiger partial charge >= 0.3 is 14.0 Å². The first-order chi connectivity index (χ1) is 36.8. The number of aromatic nitrogens is 2. The van der Waals surface area contributed by atoms with Crippen LogP contribution >= 0.6 is 0 Å².